The van der Waals surface area contributed by atoms with Crippen molar-refractivity contribution in [3.8, 4) is 23.3 Å². The highest BCUT2D eigenvalue weighted by atomic mass is 79.9. The number of nitrogens with zero attached hydrogens (tertiary/aromatic N) is 2. The second kappa shape index (κ2) is 8.13. The number of fused-ring (bicyclic) bond motifs is 3. The highest BCUT2D eigenvalue weighted by Gasteiger charge is 2.41. The molecule has 0 bridgehead atoms. The first-order valence-corrected chi connectivity index (χ1v) is 10.4. The number of aromatic nitrogens is 1. The molecule has 1 N–H and O–H groups in total. The van der Waals surface area contributed by atoms with Gasteiger partial charge in [-0.15, -0.1) is 0 Å². The lowest BCUT2D eigenvalue weighted by Gasteiger charge is -2.31. The van der Waals surface area contributed by atoms with Crippen molar-refractivity contribution in [1.82, 2.24) is 4.57 Å². The number of nitrogens with one attached hydrogen (secondary N) is 1. The van der Waals surface area contributed by atoms with Gasteiger partial charge >= 0.3 is 5.97 Å². The van der Waals surface area contributed by atoms with Gasteiger partial charge in [-0.25, -0.2) is 0 Å². The Balaban J connectivity index is 2.05. The summed E-state index contributed by atoms with van der Waals surface area (Å²) in [5.74, 6) is -1.90. The highest BCUT2D eigenvalue weighted by Crippen LogP contribution is 2.46. The molecule has 2 aromatic carbocycles. The minimum atomic E-state index is -1.03. The molecule has 0 radical (unpaired) electrons. The van der Waals surface area contributed by atoms with E-state index < -0.39 is 17.8 Å². The zero-order valence-corrected chi connectivity index (χ0v) is 19.0. The maximum absolute atomic E-state index is 13.4. The third kappa shape index (κ3) is 3.33. The Bertz CT molecular complexity index is 1390. The highest BCUT2D eigenvalue weighted by molar-refractivity contribution is 9.10. The van der Waals surface area contributed by atoms with Crippen LogP contribution in [0, 0.1) is 22.7 Å². The SMILES string of the molecule is COc1cc(C2c3c(c4ccccc4n(C)c3=O)OC(=N)C2C#N)cc(Br)c1OC(C)=O. The van der Waals surface area contributed by atoms with Crippen molar-refractivity contribution in [3.63, 3.8) is 0 Å². The number of benzene rings is 2. The molecule has 8 nitrogen and oxygen atoms in total. The summed E-state index contributed by atoms with van der Waals surface area (Å²) < 4.78 is 18.3. The smallest absolute Gasteiger partial charge is 0.308 e. The Hall–Kier alpha value is -3.64. The van der Waals surface area contributed by atoms with Gasteiger partial charge in [0, 0.05) is 25.3 Å². The van der Waals surface area contributed by atoms with E-state index in [1.165, 1.54) is 18.6 Å². The fourth-order valence-electron chi connectivity index (χ4n) is 4.02. The summed E-state index contributed by atoms with van der Waals surface area (Å²) in [6, 6.07) is 12.6. The summed E-state index contributed by atoms with van der Waals surface area (Å²) in [4.78, 5) is 24.9. The molecule has 0 saturated carbocycles. The summed E-state index contributed by atoms with van der Waals surface area (Å²) in [6.45, 7) is 1.27. The molecule has 2 atom stereocenters. The lowest BCUT2D eigenvalue weighted by Crippen LogP contribution is -2.37. The monoisotopic (exact) mass is 495 g/mol. The minimum Gasteiger partial charge on any atom is -0.493 e. The Kier molecular flexibility index (Phi) is 5.48. The standard InChI is InChI=1S/C23H18BrN3O5/c1-11(28)31-21-15(24)8-12(9-17(21)30-3)18-14(10-25)22(26)32-20-13-6-4-5-7-16(13)27(2)23(29)19(18)20/h4-9,14,18,26H,1-3H3. The number of esters is 1. The van der Waals surface area contributed by atoms with Crippen LogP contribution < -0.4 is 19.8 Å². The molecule has 162 valence electrons. The van der Waals surface area contributed by atoms with Gasteiger partial charge in [-0.1, -0.05) is 12.1 Å². The average Bonchev–Trinajstić information content (AvgIpc) is 2.77. The largest absolute Gasteiger partial charge is 0.493 e. The van der Waals surface area contributed by atoms with Crippen molar-refractivity contribution in [2.75, 3.05) is 7.11 Å². The number of hydrogen-bond acceptors (Lipinski definition) is 7. The van der Waals surface area contributed by atoms with Crippen LogP contribution in [0.4, 0.5) is 0 Å². The van der Waals surface area contributed by atoms with E-state index >= 15 is 0 Å². The minimum absolute atomic E-state index is 0.186. The van der Waals surface area contributed by atoms with E-state index in [0.29, 0.717) is 20.9 Å². The number of para-hydroxylation sites is 1. The van der Waals surface area contributed by atoms with Crippen molar-refractivity contribution >= 4 is 38.7 Å². The van der Waals surface area contributed by atoms with Crippen LogP contribution in [0.1, 0.15) is 24.0 Å². The summed E-state index contributed by atoms with van der Waals surface area (Å²) in [6.07, 6.45) is 0. The number of ether oxygens (including phenoxy) is 3. The second-order valence-corrected chi connectivity index (χ2v) is 8.16. The molecule has 1 aliphatic heterocycles. The molecule has 9 heteroatoms. The van der Waals surface area contributed by atoms with Gasteiger partial charge in [-0.05, 0) is 45.8 Å². The van der Waals surface area contributed by atoms with Gasteiger partial charge in [0.05, 0.1) is 28.7 Å². The molecule has 0 fully saturated rings. The number of carbonyl (C=O) groups is 1. The fraction of sp³-hybridized carbons (Fsp3) is 0.217. The van der Waals surface area contributed by atoms with E-state index in [1.807, 2.05) is 18.2 Å². The van der Waals surface area contributed by atoms with E-state index in [9.17, 15) is 14.9 Å². The van der Waals surface area contributed by atoms with Crippen molar-refractivity contribution in [2.45, 2.75) is 12.8 Å². The van der Waals surface area contributed by atoms with Crippen molar-refractivity contribution in [1.29, 1.82) is 10.7 Å². The van der Waals surface area contributed by atoms with E-state index in [-0.39, 0.29) is 34.3 Å². The van der Waals surface area contributed by atoms with Crippen LogP contribution in [-0.4, -0.2) is 23.5 Å². The Morgan fingerprint density at radius 1 is 1.31 bits per heavy atom. The van der Waals surface area contributed by atoms with Crippen LogP contribution in [-0.2, 0) is 11.8 Å². The molecule has 2 unspecified atom stereocenters. The van der Waals surface area contributed by atoms with Crippen LogP contribution in [0.5, 0.6) is 17.2 Å². The maximum atomic E-state index is 13.4. The molecule has 1 aromatic heterocycles. The van der Waals surface area contributed by atoms with Crippen molar-refractivity contribution in [3.05, 3.63) is 62.4 Å². The van der Waals surface area contributed by atoms with Gasteiger partial charge in [0.15, 0.2) is 11.5 Å². The molecule has 32 heavy (non-hydrogen) atoms. The number of rotatable bonds is 3. The summed E-state index contributed by atoms with van der Waals surface area (Å²) in [7, 11) is 3.08. The lowest BCUT2D eigenvalue weighted by atomic mass is 9.79. The Labute approximate surface area is 191 Å². The zero-order valence-electron chi connectivity index (χ0n) is 17.4. The van der Waals surface area contributed by atoms with Crippen molar-refractivity contribution < 1.29 is 19.0 Å². The molecule has 4 rings (SSSR count). The number of nitriles is 1. The molecule has 0 aliphatic carbocycles. The van der Waals surface area contributed by atoms with Gasteiger partial charge in [0.1, 0.15) is 11.7 Å². The van der Waals surface area contributed by atoms with Gasteiger partial charge in [-0.2, -0.15) is 5.26 Å². The Morgan fingerprint density at radius 2 is 2.03 bits per heavy atom. The van der Waals surface area contributed by atoms with Gasteiger partial charge < -0.3 is 18.8 Å². The zero-order chi connectivity index (χ0) is 23.2. The maximum Gasteiger partial charge on any atom is 0.308 e. The topological polar surface area (TPSA) is 114 Å². The Morgan fingerprint density at radius 3 is 2.69 bits per heavy atom. The third-order valence-corrected chi connectivity index (χ3v) is 6.01. The summed E-state index contributed by atoms with van der Waals surface area (Å²) in [5.41, 5.74) is 1.15. The van der Waals surface area contributed by atoms with Crippen LogP contribution in [0.2, 0.25) is 0 Å². The van der Waals surface area contributed by atoms with E-state index in [4.69, 9.17) is 19.6 Å². The molecule has 0 amide bonds. The molecule has 0 saturated heterocycles. The van der Waals surface area contributed by atoms with Crippen LogP contribution in [0.15, 0.2) is 45.7 Å². The number of methoxy groups -OCH3 is 1. The first-order chi connectivity index (χ1) is 15.3. The van der Waals surface area contributed by atoms with Gasteiger partial charge in [0.25, 0.3) is 5.56 Å². The first kappa shape index (κ1) is 21.6. The fourth-order valence-corrected chi connectivity index (χ4v) is 4.56. The summed E-state index contributed by atoms with van der Waals surface area (Å²) >= 11 is 3.40. The molecular weight excluding hydrogens is 478 g/mol. The number of hydrogen-bond donors (Lipinski definition) is 1. The van der Waals surface area contributed by atoms with E-state index in [0.717, 1.165) is 0 Å². The molecular formula is C23H18BrN3O5. The van der Waals surface area contributed by atoms with E-state index in [2.05, 4.69) is 22.0 Å². The number of carbonyl (C=O) groups excluding carboxylic acids is 1. The number of pyridine rings is 1. The molecule has 2 heterocycles. The third-order valence-electron chi connectivity index (χ3n) is 5.42. The molecule has 1 aliphatic rings. The first-order valence-electron chi connectivity index (χ1n) is 9.61. The van der Waals surface area contributed by atoms with Crippen LogP contribution in [0.3, 0.4) is 0 Å². The molecule has 3 aromatic rings. The summed E-state index contributed by atoms with van der Waals surface area (Å²) in [5, 5.41) is 18.9. The van der Waals surface area contributed by atoms with Crippen LogP contribution in [0.25, 0.3) is 10.9 Å². The number of halogens is 1. The normalized spacial score (nSPS) is 17.3. The van der Waals surface area contributed by atoms with Crippen molar-refractivity contribution in [2.24, 2.45) is 13.0 Å². The number of aryl methyl sites for hydroxylation is 1. The average molecular weight is 496 g/mol. The van der Waals surface area contributed by atoms with Crippen LogP contribution >= 0.6 is 15.9 Å². The second-order valence-electron chi connectivity index (χ2n) is 7.30. The van der Waals surface area contributed by atoms with Gasteiger partial charge in [0.2, 0.25) is 5.90 Å². The molecule has 0 spiro atoms. The quantitative estimate of drug-likeness (QED) is 0.435. The predicted molar refractivity (Wildman–Crippen MR) is 120 cm³/mol. The predicted octanol–water partition coefficient (Wildman–Crippen LogP) is 3.88. The van der Waals surface area contributed by atoms with Gasteiger partial charge in [-0.3, -0.25) is 15.0 Å². The lowest BCUT2D eigenvalue weighted by molar-refractivity contribution is -0.132. The van der Waals surface area contributed by atoms with E-state index in [1.54, 1.807) is 25.2 Å².